The van der Waals surface area contributed by atoms with Crippen molar-refractivity contribution in [2.24, 2.45) is 5.92 Å². The van der Waals surface area contributed by atoms with E-state index in [2.05, 4.69) is 31.2 Å². The first-order valence-electron chi connectivity index (χ1n) is 10.6. The summed E-state index contributed by atoms with van der Waals surface area (Å²) in [5.41, 5.74) is 2.54. The van der Waals surface area contributed by atoms with Gasteiger partial charge in [-0.2, -0.15) is 8.78 Å². The molecule has 29 heavy (non-hydrogen) atoms. The van der Waals surface area contributed by atoms with Crippen LogP contribution in [-0.4, -0.2) is 19.8 Å². The maximum Gasteiger partial charge on any atom is 0.204 e. The second kappa shape index (κ2) is 10.6. The predicted molar refractivity (Wildman–Crippen MR) is 109 cm³/mol. The summed E-state index contributed by atoms with van der Waals surface area (Å²) < 4.78 is 45.0. The first-order valence-corrected chi connectivity index (χ1v) is 10.6. The van der Waals surface area contributed by atoms with Crippen molar-refractivity contribution < 1.29 is 23.0 Å². The third kappa shape index (κ3) is 5.69. The third-order valence-corrected chi connectivity index (χ3v) is 5.21. The summed E-state index contributed by atoms with van der Waals surface area (Å²) in [5.74, 6) is -2.00. The van der Waals surface area contributed by atoms with Crippen LogP contribution < -0.4 is 9.47 Å². The lowest BCUT2D eigenvalue weighted by Crippen LogP contribution is -2.25. The second-order valence-electron chi connectivity index (χ2n) is 7.61. The molecule has 3 nitrogen and oxygen atoms in total. The van der Waals surface area contributed by atoms with Crippen LogP contribution in [0.3, 0.4) is 0 Å². The summed E-state index contributed by atoms with van der Waals surface area (Å²) >= 11 is 0. The molecule has 2 aromatic rings. The number of halogens is 2. The lowest BCUT2D eigenvalue weighted by atomic mass is 9.94. The number of hydrogen-bond acceptors (Lipinski definition) is 3. The average Bonchev–Trinajstić information content (AvgIpc) is 2.75. The third-order valence-electron chi connectivity index (χ3n) is 5.21. The molecule has 1 saturated heterocycles. The lowest BCUT2D eigenvalue weighted by molar-refractivity contribution is -0.0289. The van der Waals surface area contributed by atoms with Crippen LogP contribution in [0, 0.1) is 17.6 Å². The minimum Gasteiger partial charge on any atom is -0.490 e. The van der Waals surface area contributed by atoms with Crippen LogP contribution in [-0.2, 0) is 11.2 Å². The van der Waals surface area contributed by atoms with Gasteiger partial charge in [0.15, 0.2) is 11.5 Å². The predicted octanol–water partition coefficient (Wildman–Crippen LogP) is 6.25. The number of aryl methyl sites for hydroxylation is 1. The fourth-order valence-electron chi connectivity index (χ4n) is 3.54. The summed E-state index contributed by atoms with van der Waals surface area (Å²) in [5, 5.41) is 0. The molecule has 0 aromatic heterocycles. The van der Waals surface area contributed by atoms with E-state index >= 15 is 0 Å². The van der Waals surface area contributed by atoms with Gasteiger partial charge in [-0.3, -0.25) is 0 Å². The van der Waals surface area contributed by atoms with Crippen molar-refractivity contribution >= 4 is 0 Å². The van der Waals surface area contributed by atoms with Crippen LogP contribution in [0.1, 0.15) is 56.8 Å². The Hall–Kier alpha value is -2.14. The van der Waals surface area contributed by atoms with Gasteiger partial charge in [-0.05, 0) is 48.9 Å². The standard InChI is InChI=1S/C24H30F2O3/c1-3-5-17-6-9-19(10-7-17)20-11-8-18(15-28-20)16-29-22-13-12-21(27-14-4-2)23(25)24(22)26/h6-7,9-10,12-13,18,20H,3-5,8,11,14-16H2,1-2H3. The van der Waals surface area contributed by atoms with Crippen molar-refractivity contribution in [3.8, 4) is 11.5 Å². The van der Waals surface area contributed by atoms with E-state index in [0.717, 1.165) is 32.1 Å². The molecule has 0 saturated carbocycles. The van der Waals surface area contributed by atoms with E-state index in [0.29, 0.717) is 19.8 Å². The number of benzene rings is 2. The molecule has 0 spiro atoms. The zero-order valence-corrected chi connectivity index (χ0v) is 17.3. The first-order chi connectivity index (χ1) is 14.1. The van der Waals surface area contributed by atoms with E-state index in [1.165, 1.54) is 23.3 Å². The fourth-order valence-corrected chi connectivity index (χ4v) is 3.54. The second-order valence-corrected chi connectivity index (χ2v) is 7.61. The Kier molecular flexibility index (Phi) is 7.87. The molecule has 1 fully saturated rings. The van der Waals surface area contributed by atoms with Crippen molar-refractivity contribution in [2.75, 3.05) is 19.8 Å². The Morgan fingerprint density at radius 2 is 1.59 bits per heavy atom. The van der Waals surface area contributed by atoms with Crippen LogP contribution in [0.25, 0.3) is 0 Å². The largest absolute Gasteiger partial charge is 0.490 e. The van der Waals surface area contributed by atoms with E-state index in [1.54, 1.807) is 0 Å². The van der Waals surface area contributed by atoms with E-state index in [9.17, 15) is 8.78 Å². The highest BCUT2D eigenvalue weighted by Crippen LogP contribution is 2.32. The molecule has 5 heteroatoms. The van der Waals surface area contributed by atoms with Gasteiger partial charge in [0.25, 0.3) is 0 Å². The van der Waals surface area contributed by atoms with E-state index in [4.69, 9.17) is 14.2 Å². The summed E-state index contributed by atoms with van der Waals surface area (Å²) in [6.07, 6.45) is 4.86. The molecule has 2 aromatic carbocycles. The van der Waals surface area contributed by atoms with Crippen LogP contribution in [0.15, 0.2) is 36.4 Å². The topological polar surface area (TPSA) is 27.7 Å². The van der Waals surface area contributed by atoms with Crippen molar-refractivity contribution in [1.82, 2.24) is 0 Å². The highest BCUT2D eigenvalue weighted by Gasteiger charge is 2.24. The molecule has 0 bridgehead atoms. The lowest BCUT2D eigenvalue weighted by Gasteiger charge is -2.29. The number of rotatable bonds is 9. The van der Waals surface area contributed by atoms with Crippen LogP contribution in [0.4, 0.5) is 8.78 Å². The van der Waals surface area contributed by atoms with Crippen molar-refractivity contribution in [3.63, 3.8) is 0 Å². The average molecular weight is 404 g/mol. The molecule has 0 N–H and O–H groups in total. The Morgan fingerprint density at radius 1 is 0.897 bits per heavy atom. The van der Waals surface area contributed by atoms with Gasteiger partial charge >= 0.3 is 0 Å². The van der Waals surface area contributed by atoms with E-state index in [1.807, 2.05) is 6.92 Å². The van der Waals surface area contributed by atoms with Gasteiger partial charge in [-0.1, -0.05) is 44.5 Å². The number of hydrogen-bond donors (Lipinski definition) is 0. The Labute approximate surface area is 172 Å². The molecule has 158 valence electrons. The molecule has 0 amide bonds. The minimum atomic E-state index is -1.000. The SMILES string of the molecule is CCCOc1ccc(OCC2CCC(c3ccc(CCC)cc3)OC2)c(F)c1F. The normalized spacial score (nSPS) is 19.2. The molecule has 1 aliphatic heterocycles. The molecule has 2 atom stereocenters. The molecule has 2 unspecified atom stereocenters. The van der Waals surface area contributed by atoms with Gasteiger partial charge in [0.2, 0.25) is 11.6 Å². The number of ether oxygens (including phenoxy) is 3. The van der Waals surface area contributed by atoms with Gasteiger partial charge in [0.05, 0.1) is 25.9 Å². The Balaban J connectivity index is 1.49. The molecule has 3 rings (SSSR count). The zero-order valence-electron chi connectivity index (χ0n) is 17.3. The fraction of sp³-hybridized carbons (Fsp3) is 0.500. The molecule has 1 aliphatic rings. The van der Waals surface area contributed by atoms with Crippen molar-refractivity contribution in [2.45, 2.75) is 52.1 Å². The quantitative estimate of drug-likeness (QED) is 0.494. The summed E-state index contributed by atoms with van der Waals surface area (Å²) in [6.45, 7) is 5.27. The highest BCUT2D eigenvalue weighted by atomic mass is 19.2. The van der Waals surface area contributed by atoms with Crippen molar-refractivity contribution in [3.05, 3.63) is 59.2 Å². The van der Waals surface area contributed by atoms with E-state index in [-0.39, 0.29) is 23.5 Å². The van der Waals surface area contributed by atoms with Gasteiger partial charge < -0.3 is 14.2 Å². The highest BCUT2D eigenvalue weighted by molar-refractivity contribution is 5.35. The van der Waals surface area contributed by atoms with Crippen LogP contribution in [0.5, 0.6) is 11.5 Å². The van der Waals surface area contributed by atoms with Gasteiger partial charge in [-0.25, -0.2) is 0 Å². The molecule has 0 aliphatic carbocycles. The van der Waals surface area contributed by atoms with Gasteiger partial charge in [0, 0.05) is 5.92 Å². The van der Waals surface area contributed by atoms with Gasteiger partial charge in [0.1, 0.15) is 0 Å². The maximum atomic E-state index is 14.2. The van der Waals surface area contributed by atoms with Crippen LogP contribution in [0.2, 0.25) is 0 Å². The first kappa shape index (κ1) is 21.6. The monoisotopic (exact) mass is 404 g/mol. The maximum absolute atomic E-state index is 14.2. The molecular weight excluding hydrogens is 374 g/mol. The van der Waals surface area contributed by atoms with Crippen LogP contribution >= 0.6 is 0 Å². The smallest absolute Gasteiger partial charge is 0.204 e. The molecule has 0 radical (unpaired) electrons. The molecule has 1 heterocycles. The summed E-state index contributed by atoms with van der Waals surface area (Å²) in [4.78, 5) is 0. The summed E-state index contributed by atoms with van der Waals surface area (Å²) in [6, 6.07) is 11.5. The summed E-state index contributed by atoms with van der Waals surface area (Å²) in [7, 11) is 0. The Morgan fingerprint density at radius 3 is 2.17 bits per heavy atom. The zero-order chi connectivity index (χ0) is 20.6. The van der Waals surface area contributed by atoms with Gasteiger partial charge in [-0.15, -0.1) is 0 Å². The Bertz CT molecular complexity index is 768. The minimum absolute atomic E-state index is 0.0782. The van der Waals surface area contributed by atoms with Crippen molar-refractivity contribution in [1.29, 1.82) is 0 Å². The molecular formula is C24H30F2O3. The van der Waals surface area contributed by atoms with E-state index < -0.39 is 11.6 Å².